The van der Waals surface area contributed by atoms with Gasteiger partial charge < -0.3 is 15.4 Å². The number of aromatic nitrogens is 4. The summed E-state index contributed by atoms with van der Waals surface area (Å²) in [4.78, 5) is 12.4. The molecule has 2 fully saturated rings. The summed E-state index contributed by atoms with van der Waals surface area (Å²) in [5, 5.41) is 5.79. The highest BCUT2D eigenvalue weighted by atomic mass is 35.5. The number of piperidine rings is 1. The van der Waals surface area contributed by atoms with Gasteiger partial charge in [-0.15, -0.1) is 0 Å². The van der Waals surface area contributed by atoms with E-state index >= 15 is 0 Å². The number of benzene rings is 1. The summed E-state index contributed by atoms with van der Waals surface area (Å²) >= 11 is 8.14. The number of aryl methyl sites for hydroxylation is 1. The summed E-state index contributed by atoms with van der Waals surface area (Å²) in [5.41, 5.74) is 9.34. The third-order valence-electron chi connectivity index (χ3n) is 6.74. The predicted molar refractivity (Wildman–Crippen MR) is 127 cm³/mol. The Morgan fingerprint density at radius 3 is 2.56 bits per heavy atom. The van der Waals surface area contributed by atoms with Crippen LogP contribution in [0.5, 0.6) is 0 Å². The van der Waals surface area contributed by atoms with Gasteiger partial charge in [-0.3, -0.25) is 4.68 Å². The van der Waals surface area contributed by atoms with E-state index in [9.17, 15) is 0 Å². The third-order valence-corrected chi connectivity index (χ3v) is 8.21. The number of hydrogen-bond acceptors (Lipinski definition) is 7. The van der Waals surface area contributed by atoms with E-state index in [-0.39, 0.29) is 17.6 Å². The standard InChI is InChI=1S/C23H27ClN6OS/c1-15-21(25)23(14-31-15)7-10-30(11-8-23)16-12-26-22(27-13-16)32-19-5-3-4-17(20(19)24)18-6-9-29(2)28-18/h3-6,9,12-13,15,21H,7-8,10-11,14,25H2,1-2H3/t15-,21+/m0/s1. The Hall–Kier alpha value is -2.13. The van der Waals surface area contributed by atoms with Crippen LogP contribution in [-0.2, 0) is 11.8 Å². The van der Waals surface area contributed by atoms with Crippen molar-refractivity contribution in [3.05, 3.63) is 47.9 Å². The topological polar surface area (TPSA) is 82.1 Å². The summed E-state index contributed by atoms with van der Waals surface area (Å²) in [5.74, 6) is 0. The van der Waals surface area contributed by atoms with Gasteiger partial charge in [-0.2, -0.15) is 5.10 Å². The number of nitrogens with two attached hydrogens (primary N) is 1. The van der Waals surface area contributed by atoms with E-state index in [1.165, 1.54) is 11.8 Å². The molecule has 1 aromatic carbocycles. The molecule has 9 heteroatoms. The first kappa shape index (κ1) is 21.7. The molecule has 168 valence electrons. The number of rotatable bonds is 4. The maximum Gasteiger partial charge on any atom is 0.192 e. The second kappa shape index (κ2) is 8.67. The first-order valence-electron chi connectivity index (χ1n) is 10.9. The Labute approximate surface area is 197 Å². The Morgan fingerprint density at radius 2 is 1.94 bits per heavy atom. The highest BCUT2D eigenvalue weighted by Crippen LogP contribution is 2.42. The minimum Gasteiger partial charge on any atom is -0.376 e. The summed E-state index contributed by atoms with van der Waals surface area (Å²) < 4.78 is 7.60. The monoisotopic (exact) mass is 470 g/mol. The van der Waals surface area contributed by atoms with Crippen molar-refractivity contribution in [2.24, 2.45) is 18.2 Å². The highest BCUT2D eigenvalue weighted by Gasteiger charge is 2.47. The number of nitrogens with zero attached hydrogens (tertiary/aromatic N) is 5. The first-order valence-corrected chi connectivity index (χ1v) is 12.1. The van der Waals surface area contributed by atoms with Crippen molar-refractivity contribution in [2.45, 2.75) is 42.0 Å². The van der Waals surface area contributed by atoms with Crippen LogP contribution in [0.4, 0.5) is 5.69 Å². The van der Waals surface area contributed by atoms with Gasteiger partial charge in [0.1, 0.15) is 0 Å². The molecule has 0 radical (unpaired) electrons. The van der Waals surface area contributed by atoms with Crippen LogP contribution in [0.3, 0.4) is 0 Å². The van der Waals surface area contributed by atoms with Gasteiger partial charge in [0.25, 0.3) is 0 Å². The molecule has 4 heterocycles. The minimum atomic E-state index is 0.113. The highest BCUT2D eigenvalue weighted by molar-refractivity contribution is 7.99. The predicted octanol–water partition coefficient (Wildman–Crippen LogP) is 4.01. The minimum absolute atomic E-state index is 0.113. The molecule has 2 aliphatic heterocycles. The Balaban J connectivity index is 1.26. The quantitative estimate of drug-likeness (QED) is 0.576. The lowest BCUT2D eigenvalue weighted by molar-refractivity contribution is 0.0974. The fourth-order valence-electron chi connectivity index (χ4n) is 4.65. The van der Waals surface area contributed by atoms with Crippen molar-refractivity contribution in [3.8, 4) is 11.3 Å². The van der Waals surface area contributed by atoms with Crippen LogP contribution < -0.4 is 10.6 Å². The molecule has 0 amide bonds. The molecule has 0 unspecified atom stereocenters. The van der Waals surface area contributed by atoms with Crippen molar-refractivity contribution in [1.82, 2.24) is 19.7 Å². The summed E-state index contributed by atoms with van der Waals surface area (Å²) in [6.45, 7) is 4.73. The van der Waals surface area contributed by atoms with Gasteiger partial charge in [0.05, 0.1) is 41.5 Å². The lowest BCUT2D eigenvalue weighted by Crippen LogP contribution is -2.50. The zero-order valence-electron chi connectivity index (χ0n) is 18.2. The molecular formula is C23H27ClN6OS. The molecule has 5 rings (SSSR count). The van der Waals surface area contributed by atoms with Gasteiger partial charge in [0.2, 0.25) is 0 Å². The largest absolute Gasteiger partial charge is 0.376 e. The van der Waals surface area contributed by atoms with Crippen LogP contribution in [0.25, 0.3) is 11.3 Å². The van der Waals surface area contributed by atoms with Crippen molar-refractivity contribution in [3.63, 3.8) is 0 Å². The average molecular weight is 471 g/mol. The van der Waals surface area contributed by atoms with Crippen LogP contribution in [0, 0.1) is 5.41 Å². The van der Waals surface area contributed by atoms with E-state index in [2.05, 4.69) is 26.9 Å². The van der Waals surface area contributed by atoms with Crippen LogP contribution in [0.15, 0.2) is 52.9 Å². The van der Waals surface area contributed by atoms with E-state index in [0.717, 1.165) is 54.4 Å². The number of ether oxygens (including phenoxy) is 1. The maximum atomic E-state index is 6.68. The molecule has 3 aromatic rings. The average Bonchev–Trinajstić information content (AvgIpc) is 3.35. The molecule has 2 atom stereocenters. The first-order chi connectivity index (χ1) is 15.4. The Kier molecular flexibility index (Phi) is 5.88. The normalized spacial score (nSPS) is 22.6. The molecule has 2 N–H and O–H groups in total. The van der Waals surface area contributed by atoms with Crippen LogP contribution >= 0.6 is 23.4 Å². The molecule has 7 nitrogen and oxygen atoms in total. The zero-order chi connectivity index (χ0) is 22.3. The molecule has 2 aliphatic rings. The second-order valence-corrected chi connectivity index (χ2v) is 10.1. The van der Waals surface area contributed by atoms with E-state index < -0.39 is 0 Å². The van der Waals surface area contributed by atoms with Crippen molar-refractivity contribution < 1.29 is 4.74 Å². The molecule has 2 aromatic heterocycles. The molecule has 32 heavy (non-hydrogen) atoms. The van der Waals surface area contributed by atoms with Crippen LogP contribution in [0.1, 0.15) is 19.8 Å². The fraction of sp³-hybridized carbons (Fsp3) is 0.435. The van der Waals surface area contributed by atoms with E-state index in [4.69, 9.17) is 22.1 Å². The summed E-state index contributed by atoms with van der Waals surface area (Å²) in [6.07, 6.45) is 7.92. The SMILES string of the molecule is C[C@@H]1OCC2(CCN(c3cnc(Sc4cccc(-c5ccn(C)n5)c4Cl)nc3)CC2)[C@@H]1N. The zero-order valence-corrected chi connectivity index (χ0v) is 19.8. The van der Waals surface area contributed by atoms with Crippen molar-refractivity contribution in [2.75, 3.05) is 24.6 Å². The Morgan fingerprint density at radius 1 is 1.19 bits per heavy atom. The molecule has 2 saturated heterocycles. The number of halogens is 1. The molecule has 1 spiro atoms. The van der Waals surface area contributed by atoms with Gasteiger partial charge in [-0.1, -0.05) is 23.7 Å². The van der Waals surface area contributed by atoms with Crippen LogP contribution in [0.2, 0.25) is 5.02 Å². The number of anilines is 1. The smallest absolute Gasteiger partial charge is 0.192 e. The van der Waals surface area contributed by atoms with Gasteiger partial charge in [0.15, 0.2) is 5.16 Å². The van der Waals surface area contributed by atoms with Crippen LogP contribution in [-0.4, -0.2) is 51.6 Å². The molecule has 0 saturated carbocycles. The molecule has 0 bridgehead atoms. The third kappa shape index (κ3) is 4.01. The number of hydrogen-bond donors (Lipinski definition) is 1. The fourth-order valence-corrected chi connectivity index (χ4v) is 5.75. The summed E-state index contributed by atoms with van der Waals surface area (Å²) in [6, 6.07) is 8.01. The van der Waals surface area contributed by atoms with Gasteiger partial charge in [-0.05, 0) is 43.7 Å². The van der Waals surface area contributed by atoms with Gasteiger partial charge in [0, 0.05) is 48.2 Å². The van der Waals surface area contributed by atoms with E-state index in [1.54, 1.807) is 4.68 Å². The van der Waals surface area contributed by atoms with Crippen molar-refractivity contribution in [1.29, 1.82) is 0 Å². The van der Waals surface area contributed by atoms with E-state index in [1.807, 2.05) is 49.9 Å². The lowest BCUT2D eigenvalue weighted by atomic mass is 9.73. The second-order valence-electron chi connectivity index (χ2n) is 8.71. The lowest BCUT2D eigenvalue weighted by Gasteiger charge is -2.41. The molecule has 0 aliphatic carbocycles. The maximum absolute atomic E-state index is 6.68. The van der Waals surface area contributed by atoms with Gasteiger partial charge >= 0.3 is 0 Å². The Bertz CT molecular complexity index is 1100. The van der Waals surface area contributed by atoms with E-state index in [0.29, 0.717) is 10.2 Å². The van der Waals surface area contributed by atoms with Gasteiger partial charge in [-0.25, -0.2) is 9.97 Å². The molecular weight excluding hydrogens is 444 g/mol. The summed E-state index contributed by atoms with van der Waals surface area (Å²) in [7, 11) is 1.89. The van der Waals surface area contributed by atoms with Crippen molar-refractivity contribution >= 4 is 29.1 Å².